The fraction of sp³-hybridized carbons (Fsp3) is 0.565. The summed E-state index contributed by atoms with van der Waals surface area (Å²) >= 11 is 6.52. The minimum absolute atomic E-state index is 0.0140. The van der Waals surface area contributed by atoms with E-state index in [0.29, 0.717) is 68.9 Å². The van der Waals surface area contributed by atoms with Gasteiger partial charge in [-0.25, -0.2) is 4.21 Å². The number of nitrogens with one attached hydrogen (secondary N) is 1. The summed E-state index contributed by atoms with van der Waals surface area (Å²) in [6, 6.07) is 11.4. The zero-order chi connectivity index (χ0) is 44.1. The van der Waals surface area contributed by atoms with Gasteiger partial charge in [-0.3, -0.25) is 28.7 Å². The van der Waals surface area contributed by atoms with Crippen LogP contribution in [0.2, 0.25) is 5.02 Å². The second-order valence-electron chi connectivity index (χ2n) is 18.6. The molecule has 2 N–H and O–H groups in total. The largest absolute Gasteiger partial charge is 0.490 e. The molecule has 3 amide bonds. The number of carbonyl (C=O) groups excluding carboxylic acids is 3. The number of halogens is 1. The molecule has 3 aromatic rings. The molecule has 1 unspecified atom stereocenters. The quantitative estimate of drug-likeness (QED) is 0.338. The molecule has 1 spiro atoms. The van der Waals surface area contributed by atoms with Crippen LogP contribution in [0, 0.1) is 17.8 Å². The summed E-state index contributed by atoms with van der Waals surface area (Å²) in [5.41, 5.74) is 1.46. The van der Waals surface area contributed by atoms with Gasteiger partial charge in [0, 0.05) is 68.5 Å². The molecule has 6 aliphatic rings. The van der Waals surface area contributed by atoms with Crippen LogP contribution in [0.25, 0.3) is 0 Å². The van der Waals surface area contributed by atoms with E-state index in [1.807, 2.05) is 24.0 Å². The smallest absolute Gasteiger partial charge is 0.286 e. The summed E-state index contributed by atoms with van der Waals surface area (Å²) < 4.78 is 41.0. The first-order chi connectivity index (χ1) is 30.2. The minimum Gasteiger partial charge on any atom is -0.490 e. The van der Waals surface area contributed by atoms with Crippen molar-refractivity contribution in [2.24, 2.45) is 29.2 Å². The predicted molar refractivity (Wildman–Crippen MR) is 239 cm³/mol. The Morgan fingerprint density at radius 2 is 1.98 bits per heavy atom. The van der Waals surface area contributed by atoms with E-state index in [9.17, 15) is 23.7 Å². The van der Waals surface area contributed by atoms with Crippen LogP contribution in [-0.4, -0.2) is 130 Å². The number of hydrogen-bond donors (Lipinski definition) is 2. The maximum Gasteiger partial charge on any atom is 0.286 e. The Balaban J connectivity index is 1.10. The first kappa shape index (κ1) is 43.8. The number of rotatable bonds is 5. The van der Waals surface area contributed by atoms with Crippen molar-refractivity contribution in [3.05, 3.63) is 82.0 Å². The number of aryl methyl sites for hydroxylation is 2. The zero-order valence-electron chi connectivity index (χ0n) is 36.3. The Kier molecular flexibility index (Phi) is 12.1. The highest BCUT2D eigenvalue weighted by Crippen LogP contribution is 2.49. The highest BCUT2D eigenvalue weighted by molar-refractivity contribution is 7.92. The molecule has 338 valence electrons. The Morgan fingerprint density at radius 1 is 1.13 bits per heavy atom. The van der Waals surface area contributed by atoms with Crippen molar-refractivity contribution in [1.29, 1.82) is 0 Å². The lowest BCUT2D eigenvalue weighted by molar-refractivity contribution is -0.145. The average Bonchev–Trinajstić information content (AvgIpc) is 3.56. The summed E-state index contributed by atoms with van der Waals surface area (Å²) in [6.07, 6.45) is 9.69. The molecule has 1 aromatic heterocycles. The van der Waals surface area contributed by atoms with Crippen molar-refractivity contribution in [3.63, 3.8) is 0 Å². The van der Waals surface area contributed by atoms with E-state index in [0.717, 1.165) is 45.2 Å². The van der Waals surface area contributed by atoms with Gasteiger partial charge in [-0.2, -0.15) is 0 Å². The van der Waals surface area contributed by atoms with Crippen LogP contribution < -0.4 is 19.1 Å². The lowest BCUT2D eigenvalue weighted by atomic mass is 9.63. The molecular weight excluding hydrogens is 846 g/mol. The van der Waals surface area contributed by atoms with Crippen molar-refractivity contribution < 1.29 is 37.9 Å². The van der Waals surface area contributed by atoms with Gasteiger partial charge in [0.05, 0.1) is 56.4 Å². The molecule has 4 aliphatic heterocycles. The number of carbonyl (C=O) groups is 3. The van der Waals surface area contributed by atoms with Gasteiger partial charge >= 0.3 is 0 Å². The molecule has 1 saturated carbocycles. The number of methoxy groups -OCH3 is 1. The number of benzene rings is 2. The molecule has 7 atom stereocenters. The van der Waals surface area contributed by atoms with Crippen LogP contribution in [0.5, 0.6) is 11.6 Å². The van der Waals surface area contributed by atoms with Gasteiger partial charge in [0.2, 0.25) is 11.8 Å². The summed E-state index contributed by atoms with van der Waals surface area (Å²) in [5, 5.41) is 17.8. The van der Waals surface area contributed by atoms with Crippen LogP contribution in [0.3, 0.4) is 0 Å². The first-order valence-corrected chi connectivity index (χ1v) is 24.3. The third-order valence-corrected chi connectivity index (χ3v) is 16.4. The van der Waals surface area contributed by atoms with Crippen molar-refractivity contribution in [2.75, 3.05) is 76.9 Å². The molecule has 9 rings (SSSR count). The number of anilines is 1. The van der Waals surface area contributed by atoms with Crippen LogP contribution in [0.1, 0.15) is 77.3 Å². The average molecular weight is 905 g/mol. The van der Waals surface area contributed by atoms with Crippen LogP contribution >= 0.6 is 11.6 Å². The number of morpholine rings is 1. The third-order valence-electron chi connectivity index (χ3n) is 14.2. The van der Waals surface area contributed by atoms with Crippen LogP contribution in [0.4, 0.5) is 5.69 Å². The molecule has 2 aromatic carbocycles. The summed E-state index contributed by atoms with van der Waals surface area (Å²) in [5.74, 6) is -1.69. The molecule has 2 bridgehead atoms. The van der Waals surface area contributed by atoms with Crippen LogP contribution in [0.15, 0.2) is 59.1 Å². The second kappa shape index (κ2) is 17.5. The van der Waals surface area contributed by atoms with Gasteiger partial charge in [-0.05, 0) is 97.7 Å². The number of aromatic nitrogens is 2. The topological polar surface area (TPSA) is 168 Å². The summed E-state index contributed by atoms with van der Waals surface area (Å²) in [6.45, 7) is 7.42. The molecule has 3 fully saturated rings. The van der Waals surface area contributed by atoms with Gasteiger partial charge in [0.25, 0.3) is 11.8 Å². The number of amides is 3. The Bertz CT molecular complexity index is 2440. The lowest BCUT2D eigenvalue weighted by Gasteiger charge is -2.50. The zero-order valence-corrected chi connectivity index (χ0v) is 37.9. The number of hydrogen-bond acceptors (Lipinski definition) is 11. The van der Waals surface area contributed by atoms with Crippen LogP contribution in [-0.2, 0) is 38.3 Å². The van der Waals surface area contributed by atoms with Gasteiger partial charge in [-0.1, -0.05) is 36.7 Å². The molecular formula is C46H58ClN7O8S. The fourth-order valence-corrected chi connectivity index (χ4v) is 12.9. The maximum atomic E-state index is 14.9. The van der Waals surface area contributed by atoms with E-state index in [2.05, 4.69) is 36.1 Å². The Hall–Kier alpha value is -4.48. The molecule has 0 radical (unpaired) electrons. The van der Waals surface area contributed by atoms with E-state index in [-0.39, 0.29) is 58.9 Å². The van der Waals surface area contributed by atoms with E-state index in [1.54, 1.807) is 31.3 Å². The molecule has 2 aliphatic carbocycles. The van der Waals surface area contributed by atoms with Gasteiger partial charge in [0.1, 0.15) is 21.2 Å². The Morgan fingerprint density at radius 3 is 2.79 bits per heavy atom. The third kappa shape index (κ3) is 8.85. The normalized spacial score (nSPS) is 31.5. The molecule has 63 heavy (non-hydrogen) atoms. The SMILES string of the molecule is COc1nn(C)cc1C(=O)NS1(=O)=NC(=O)c2ccc3c(c2)N(C[C@@H]2CC[C@H]2[C@@](O)(CC(=O)N2CCN4CCOC[C@@H]4C2)/C=C/C[C@H](C)C1)C[C@@]1(CCCc2cc(Cl)ccc21)CO3. The first-order valence-electron chi connectivity index (χ1n) is 22.2. The lowest BCUT2D eigenvalue weighted by Crippen LogP contribution is -2.60. The van der Waals surface area contributed by atoms with E-state index < -0.39 is 32.7 Å². The van der Waals surface area contributed by atoms with Crippen molar-refractivity contribution in [3.8, 4) is 11.6 Å². The monoisotopic (exact) mass is 903 g/mol. The van der Waals surface area contributed by atoms with E-state index in [4.69, 9.17) is 25.8 Å². The maximum absolute atomic E-state index is 14.9. The predicted octanol–water partition coefficient (Wildman–Crippen LogP) is 4.79. The summed E-state index contributed by atoms with van der Waals surface area (Å²) in [7, 11) is -0.734. The summed E-state index contributed by atoms with van der Waals surface area (Å²) in [4.78, 5) is 48.9. The van der Waals surface area contributed by atoms with Gasteiger partial charge in [-0.15, -0.1) is 9.46 Å². The highest BCUT2D eigenvalue weighted by atomic mass is 35.5. The number of piperazine rings is 1. The van der Waals surface area contributed by atoms with Gasteiger partial charge < -0.3 is 29.1 Å². The second-order valence-corrected chi connectivity index (χ2v) is 21.0. The standard InChI is InChI=1S/C46H58ClN7O8S/c1-30-6-4-15-46(58,22-41(55)53-17-16-52-18-19-61-26-35(52)24-53)38-11-8-33(38)23-54-28-45(14-5-7-31-20-34(47)10-12-37(31)45)29-62-40-13-9-32(21-39(40)54)42(56)49-63(59,27-30)50-43(57)36-25-51(2)48-44(36)60-3/h4,9-10,12-13,15,20-21,25,30,33,35,38,58H,5-8,11,14,16-19,22-24,26-29H2,1-3H3,(H,49,50,56,57,59)/b15-4+/t30-,33-,35-,38+,45-,46-,63?/m0/s1. The number of ether oxygens (including phenoxy) is 3. The van der Waals surface area contributed by atoms with Crippen molar-refractivity contribution in [1.82, 2.24) is 24.3 Å². The fourth-order valence-electron chi connectivity index (χ4n) is 10.8. The van der Waals surface area contributed by atoms with E-state index >= 15 is 0 Å². The molecule has 5 heterocycles. The number of nitrogens with zero attached hydrogens (tertiary/aromatic N) is 6. The van der Waals surface area contributed by atoms with Crippen molar-refractivity contribution in [2.45, 2.75) is 68.9 Å². The Labute approximate surface area is 374 Å². The number of allylic oxidation sites excluding steroid dienone is 1. The van der Waals surface area contributed by atoms with Gasteiger partial charge in [0.15, 0.2) is 0 Å². The molecule has 15 nitrogen and oxygen atoms in total. The molecule has 2 saturated heterocycles. The minimum atomic E-state index is -3.75. The highest BCUT2D eigenvalue weighted by Gasteiger charge is 2.49. The number of fused-ring (bicyclic) bond motifs is 5. The van der Waals surface area contributed by atoms with Crippen molar-refractivity contribution >= 4 is 44.9 Å². The van der Waals surface area contributed by atoms with E-state index in [1.165, 1.54) is 29.1 Å². The molecule has 17 heteroatoms. The number of aliphatic hydroxyl groups is 1.